The summed E-state index contributed by atoms with van der Waals surface area (Å²) in [7, 11) is 1.67. The van der Waals surface area contributed by atoms with Crippen LogP contribution in [0.5, 0.6) is 5.75 Å². The first-order valence-electron chi connectivity index (χ1n) is 11.6. The molecule has 0 radical (unpaired) electrons. The number of amides is 1. The van der Waals surface area contributed by atoms with Gasteiger partial charge in [0, 0.05) is 26.7 Å². The predicted molar refractivity (Wildman–Crippen MR) is 133 cm³/mol. The van der Waals surface area contributed by atoms with Crippen LogP contribution >= 0.6 is 0 Å². The van der Waals surface area contributed by atoms with Crippen molar-refractivity contribution in [2.75, 3.05) is 33.8 Å². The van der Waals surface area contributed by atoms with Crippen LogP contribution in [0.3, 0.4) is 0 Å². The summed E-state index contributed by atoms with van der Waals surface area (Å²) in [5.41, 5.74) is 0.492. The van der Waals surface area contributed by atoms with Crippen molar-refractivity contribution in [1.82, 2.24) is 9.80 Å². The molecule has 1 aliphatic rings. The monoisotopic (exact) mass is 464 g/mol. The zero-order valence-corrected chi connectivity index (χ0v) is 22.8. The van der Waals surface area contributed by atoms with Gasteiger partial charge in [0.15, 0.2) is 8.32 Å². The fraction of sp³-hybridized carbons (Fsp3) is 0.720. The molecular weight excluding hydrogens is 420 g/mol. The third kappa shape index (κ3) is 7.22. The predicted octanol–water partition coefficient (Wildman–Crippen LogP) is 5.70. The molecule has 32 heavy (non-hydrogen) atoms. The van der Waals surface area contributed by atoms with Crippen LogP contribution in [0.2, 0.25) is 18.1 Å². The fourth-order valence-electron chi connectivity index (χ4n) is 3.66. The maximum Gasteiger partial charge on any atom is 0.410 e. The molecule has 0 spiro atoms. The summed E-state index contributed by atoms with van der Waals surface area (Å²) in [5.74, 6) is 0.783. The zero-order chi connectivity index (χ0) is 24.3. The highest BCUT2D eigenvalue weighted by atomic mass is 28.4. The van der Waals surface area contributed by atoms with E-state index in [1.165, 1.54) is 0 Å². The molecule has 1 saturated heterocycles. The maximum absolute atomic E-state index is 12.9. The second-order valence-electron chi connectivity index (χ2n) is 11.4. The average Bonchev–Trinajstić information content (AvgIpc) is 3.09. The van der Waals surface area contributed by atoms with Gasteiger partial charge < -0.3 is 18.8 Å². The molecule has 2 rings (SSSR count). The van der Waals surface area contributed by atoms with Gasteiger partial charge in [-0.15, -0.1) is 0 Å². The van der Waals surface area contributed by atoms with Crippen LogP contribution in [0.25, 0.3) is 0 Å². The minimum absolute atomic E-state index is 0.147. The van der Waals surface area contributed by atoms with Gasteiger partial charge in [0.05, 0.1) is 19.3 Å². The third-order valence-corrected chi connectivity index (χ3v) is 11.1. The quantitative estimate of drug-likeness (QED) is 0.485. The Morgan fingerprint density at radius 3 is 2.44 bits per heavy atom. The SMILES string of the molecule is COc1cccc([C@@H](CN2CC[C@H](O[Si](C)(C)C(C)(C)C)C2)N(C)C(=O)OC(C)(C)C)c1. The molecule has 1 fully saturated rings. The van der Waals surface area contributed by atoms with E-state index in [0.29, 0.717) is 0 Å². The lowest BCUT2D eigenvalue weighted by Gasteiger charge is -2.38. The Hall–Kier alpha value is -1.57. The molecule has 0 unspecified atom stereocenters. The van der Waals surface area contributed by atoms with Crippen molar-refractivity contribution in [1.29, 1.82) is 0 Å². The Kier molecular flexibility index (Phi) is 8.45. The molecule has 0 bridgehead atoms. The lowest BCUT2D eigenvalue weighted by molar-refractivity contribution is 0.0187. The van der Waals surface area contributed by atoms with Gasteiger partial charge in [-0.3, -0.25) is 4.90 Å². The highest BCUT2D eigenvalue weighted by Crippen LogP contribution is 2.38. The van der Waals surface area contributed by atoms with E-state index in [2.05, 4.69) is 38.8 Å². The van der Waals surface area contributed by atoms with E-state index in [0.717, 1.165) is 37.4 Å². The Balaban J connectivity index is 2.18. The highest BCUT2D eigenvalue weighted by molar-refractivity contribution is 6.74. The number of likely N-dealkylation sites (N-methyl/N-ethyl adjacent to an activating group) is 1. The number of benzene rings is 1. The van der Waals surface area contributed by atoms with Crippen LogP contribution in [-0.2, 0) is 9.16 Å². The van der Waals surface area contributed by atoms with Crippen molar-refractivity contribution in [2.45, 2.75) is 83.8 Å². The van der Waals surface area contributed by atoms with Crippen molar-refractivity contribution >= 4 is 14.4 Å². The smallest absolute Gasteiger partial charge is 0.410 e. The van der Waals surface area contributed by atoms with E-state index < -0.39 is 13.9 Å². The molecule has 1 amide bonds. The molecule has 0 aliphatic carbocycles. The maximum atomic E-state index is 12.9. The second-order valence-corrected chi connectivity index (χ2v) is 16.2. The molecule has 0 N–H and O–H groups in total. The van der Waals surface area contributed by atoms with E-state index in [1.54, 1.807) is 12.0 Å². The van der Waals surface area contributed by atoms with Crippen molar-refractivity contribution < 1.29 is 18.7 Å². The van der Waals surface area contributed by atoms with Gasteiger partial charge in [-0.2, -0.15) is 0 Å². The summed E-state index contributed by atoms with van der Waals surface area (Å²) in [4.78, 5) is 17.0. The minimum atomic E-state index is -1.81. The van der Waals surface area contributed by atoms with Crippen LogP contribution in [0, 0.1) is 0 Å². The third-order valence-electron chi connectivity index (χ3n) is 6.56. The molecule has 1 aliphatic heterocycles. The molecule has 1 aromatic carbocycles. The Morgan fingerprint density at radius 1 is 1.22 bits per heavy atom. The van der Waals surface area contributed by atoms with Crippen molar-refractivity contribution in [3.63, 3.8) is 0 Å². The molecule has 0 aromatic heterocycles. The Labute approximate surface area is 196 Å². The number of carbonyl (C=O) groups is 1. The number of hydrogen-bond donors (Lipinski definition) is 0. The number of carbonyl (C=O) groups excluding carboxylic acids is 1. The van der Waals surface area contributed by atoms with Gasteiger partial charge >= 0.3 is 6.09 Å². The second kappa shape index (κ2) is 10.1. The van der Waals surface area contributed by atoms with Gasteiger partial charge in [-0.25, -0.2) is 4.79 Å². The van der Waals surface area contributed by atoms with Crippen LogP contribution in [-0.4, -0.2) is 69.7 Å². The summed E-state index contributed by atoms with van der Waals surface area (Å²) in [5, 5.41) is 0.195. The number of likely N-dealkylation sites (tertiary alicyclic amines) is 1. The summed E-state index contributed by atoms with van der Waals surface area (Å²) in [6, 6.07) is 7.80. The number of methoxy groups -OCH3 is 1. The lowest BCUT2D eigenvalue weighted by Crippen LogP contribution is -2.45. The number of ether oxygens (including phenoxy) is 2. The van der Waals surface area contributed by atoms with E-state index in [4.69, 9.17) is 13.9 Å². The zero-order valence-electron chi connectivity index (χ0n) is 21.8. The first-order chi connectivity index (χ1) is 14.6. The Bertz CT molecular complexity index is 770. The van der Waals surface area contributed by atoms with Crippen molar-refractivity contribution in [2.24, 2.45) is 0 Å². The molecule has 182 valence electrons. The number of rotatable bonds is 7. The number of hydrogen-bond acceptors (Lipinski definition) is 5. The van der Waals surface area contributed by atoms with Crippen LogP contribution in [0.4, 0.5) is 4.79 Å². The van der Waals surface area contributed by atoms with Gasteiger partial charge in [-0.05, 0) is 63.0 Å². The van der Waals surface area contributed by atoms with Crippen LogP contribution in [0.15, 0.2) is 24.3 Å². The topological polar surface area (TPSA) is 51.2 Å². The first-order valence-corrected chi connectivity index (χ1v) is 14.5. The first kappa shape index (κ1) is 26.7. The largest absolute Gasteiger partial charge is 0.497 e. The molecule has 7 heteroatoms. The lowest BCUT2D eigenvalue weighted by atomic mass is 10.0. The summed E-state index contributed by atoms with van der Waals surface area (Å²) in [6.45, 7) is 19.7. The van der Waals surface area contributed by atoms with Gasteiger partial charge in [-0.1, -0.05) is 32.9 Å². The molecule has 1 heterocycles. The highest BCUT2D eigenvalue weighted by Gasteiger charge is 2.41. The molecule has 2 atom stereocenters. The van der Waals surface area contributed by atoms with Gasteiger partial charge in [0.2, 0.25) is 0 Å². The molecule has 6 nitrogen and oxygen atoms in total. The van der Waals surface area contributed by atoms with Crippen molar-refractivity contribution in [3.05, 3.63) is 29.8 Å². The van der Waals surface area contributed by atoms with E-state index in [1.807, 2.05) is 52.1 Å². The summed E-state index contributed by atoms with van der Waals surface area (Å²) >= 11 is 0. The van der Waals surface area contributed by atoms with Gasteiger partial charge in [0.1, 0.15) is 11.4 Å². The molecule has 0 saturated carbocycles. The van der Waals surface area contributed by atoms with Gasteiger partial charge in [0.25, 0.3) is 0 Å². The van der Waals surface area contributed by atoms with E-state index >= 15 is 0 Å². The molecular formula is C25H44N2O4Si. The number of nitrogens with zero attached hydrogens (tertiary/aromatic N) is 2. The van der Waals surface area contributed by atoms with E-state index in [9.17, 15) is 4.79 Å². The summed E-state index contributed by atoms with van der Waals surface area (Å²) < 4.78 is 17.8. The average molecular weight is 465 g/mol. The Morgan fingerprint density at radius 2 is 1.88 bits per heavy atom. The fourth-order valence-corrected chi connectivity index (χ4v) is 5.04. The summed E-state index contributed by atoms with van der Waals surface area (Å²) in [6.07, 6.45) is 0.945. The van der Waals surface area contributed by atoms with Crippen LogP contribution < -0.4 is 4.74 Å². The van der Waals surface area contributed by atoms with Crippen LogP contribution in [0.1, 0.15) is 59.6 Å². The standard InChI is InChI=1S/C25H44N2O4Si/c1-24(2,3)30-23(28)26(7)22(19-12-11-13-20(16-19)29-8)18-27-15-14-21(17-27)31-32(9,10)25(4,5)6/h11-13,16,21-22H,14-15,17-18H2,1-10H3/t21-,22+/m0/s1. The van der Waals surface area contributed by atoms with E-state index in [-0.39, 0.29) is 23.3 Å². The normalized spacial score (nSPS) is 19.0. The minimum Gasteiger partial charge on any atom is -0.497 e. The van der Waals surface area contributed by atoms with Crippen molar-refractivity contribution in [3.8, 4) is 5.75 Å². The molecule has 1 aromatic rings.